The second-order valence-electron chi connectivity index (χ2n) is 22.5. The van der Waals surface area contributed by atoms with E-state index in [1.165, 1.54) is 53.2 Å². The highest BCUT2D eigenvalue weighted by molar-refractivity contribution is 6.38. The first-order valence-electron chi connectivity index (χ1n) is 27.4. The number of phenolic OH excluding ortho intramolecular Hbond substituents is 1. The molecule has 2 saturated heterocycles. The molecule has 5 bridgehead atoms. The second kappa shape index (κ2) is 22.8. The number of phenols is 1. The number of esters is 1. The summed E-state index contributed by atoms with van der Waals surface area (Å²) in [4.78, 5) is 103. The van der Waals surface area contributed by atoms with Crippen molar-refractivity contribution in [2.75, 3.05) is 51.3 Å². The molecular formula is C59H69ClFN5O15. The molecule has 3 fully saturated rings. The first-order chi connectivity index (χ1) is 38.3. The number of allylic oxidation sites excluding steroid dienone is 4. The predicted octanol–water partition coefficient (Wildman–Crippen LogP) is 6.39. The van der Waals surface area contributed by atoms with Crippen LogP contribution in [0.15, 0.2) is 64.6 Å². The van der Waals surface area contributed by atoms with Crippen molar-refractivity contribution < 1.29 is 72.5 Å². The van der Waals surface area contributed by atoms with E-state index in [-0.39, 0.29) is 74.9 Å². The quantitative estimate of drug-likeness (QED) is 0.161. The summed E-state index contributed by atoms with van der Waals surface area (Å²) in [6.07, 6.45) is 6.90. The summed E-state index contributed by atoms with van der Waals surface area (Å²) in [5, 5.41) is 47.3. The van der Waals surface area contributed by atoms with E-state index in [2.05, 4.69) is 10.2 Å². The number of carboxylic acid groups (broad SMARTS) is 1. The molecule has 3 aromatic rings. The maximum absolute atomic E-state index is 16.1. The Bertz CT molecular complexity index is 3310. The number of aromatic nitrogens is 1. The number of piperidine rings is 1. The number of amides is 1. The Morgan fingerprint density at radius 3 is 2.14 bits per heavy atom. The number of aliphatic hydroxyl groups excluding tert-OH is 2. The lowest BCUT2D eigenvalue weighted by atomic mass is 9.78. The lowest BCUT2D eigenvalue weighted by Crippen LogP contribution is -2.54. The third-order valence-electron chi connectivity index (χ3n) is 17.2. The van der Waals surface area contributed by atoms with Crippen LogP contribution in [0.3, 0.4) is 0 Å². The number of fused-ring (bicyclic) bond motifs is 15. The smallest absolute Gasteiger partial charge is 0.341 e. The van der Waals surface area contributed by atoms with Gasteiger partial charge in [-0.15, -0.1) is 0 Å². The normalized spacial score (nSPS) is 29.7. The lowest BCUT2D eigenvalue weighted by Gasteiger charge is -2.44. The Hall–Kier alpha value is -6.91. The fourth-order valence-corrected chi connectivity index (χ4v) is 12.7. The largest absolute Gasteiger partial charge is 0.507 e. The number of aromatic carboxylic acids is 1. The van der Waals surface area contributed by atoms with E-state index in [1.54, 1.807) is 49.3 Å². The fourth-order valence-electron chi connectivity index (χ4n) is 12.3. The number of Topliss-reactive ketones (excluding diaryl/α,β-unsaturated/α-hetero) is 3. The van der Waals surface area contributed by atoms with Crippen molar-refractivity contribution in [2.24, 2.45) is 23.7 Å². The molecule has 10 rings (SSSR count). The van der Waals surface area contributed by atoms with Gasteiger partial charge < -0.3 is 59.1 Å². The van der Waals surface area contributed by atoms with Gasteiger partial charge in [0.1, 0.15) is 40.4 Å². The van der Waals surface area contributed by atoms with E-state index < -0.39 is 128 Å². The highest BCUT2D eigenvalue weighted by Crippen LogP contribution is 2.50. The topological polar surface area (TPSA) is 264 Å². The number of aromatic hydroxyl groups is 1. The second-order valence-corrected chi connectivity index (χ2v) is 22.9. The maximum atomic E-state index is 16.1. The zero-order valence-corrected chi connectivity index (χ0v) is 47.5. The molecule has 7 aliphatic rings. The number of carbonyl (C=O) groups is 6. The highest BCUT2D eigenvalue weighted by Gasteiger charge is 2.53. The average molecular weight is 1140 g/mol. The summed E-state index contributed by atoms with van der Waals surface area (Å²) in [5.74, 6) is -11.8. The first-order valence-corrected chi connectivity index (χ1v) is 27.8. The number of halogens is 2. The van der Waals surface area contributed by atoms with E-state index in [9.17, 15) is 44.4 Å². The maximum Gasteiger partial charge on any atom is 0.341 e. The fraction of sp³-hybridized carbons (Fsp3) is 0.508. The van der Waals surface area contributed by atoms with Crippen molar-refractivity contribution in [3.8, 4) is 11.5 Å². The number of rotatable bonds is 7. The molecule has 0 spiro atoms. The number of anilines is 1. The van der Waals surface area contributed by atoms with Crippen LogP contribution >= 0.6 is 11.6 Å². The summed E-state index contributed by atoms with van der Waals surface area (Å²) < 4.78 is 41.6. The molecule has 9 atom stereocenters. The van der Waals surface area contributed by atoms with Crippen LogP contribution in [-0.4, -0.2) is 153 Å². The van der Waals surface area contributed by atoms with Crippen molar-refractivity contribution in [1.29, 1.82) is 0 Å². The van der Waals surface area contributed by atoms with Crippen molar-refractivity contribution in [1.82, 2.24) is 19.7 Å². The van der Waals surface area contributed by atoms with Gasteiger partial charge in [-0.25, -0.2) is 9.18 Å². The molecule has 0 radical (unpaired) electrons. The number of piperazine rings is 1. The van der Waals surface area contributed by atoms with Crippen LogP contribution in [0.5, 0.6) is 11.5 Å². The number of aliphatic hydroxyl groups is 2. The SMILES string of the molecule is CO[C@H]1/C=C/O[C@@]2(C)Oc3c(C)c(O)c4c(c3C2=O)C(=O)C(N2CCC(N3CCN(c5c(F)cc6c(=O)c(C(=O)O)cn(C7CC7)c6c5Cl)CC3)CC2)=C(NC(=O)/C(C)=C\C=C\[C@H](C)[C@H](O)[C@@H](C)[C@@H](O)[C@@H](C)[C@H](OC(C)=O)[C@@H]1C)C4=O. The van der Waals surface area contributed by atoms with Crippen LogP contribution in [0.25, 0.3) is 10.9 Å². The van der Waals surface area contributed by atoms with Crippen molar-refractivity contribution in [2.45, 2.75) is 123 Å². The van der Waals surface area contributed by atoms with Gasteiger partial charge in [-0.3, -0.25) is 33.7 Å². The number of ketones is 3. The number of carbonyl (C=O) groups excluding carboxylic acids is 5. The van der Waals surface area contributed by atoms with Crippen LogP contribution in [-0.2, 0) is 23.8 Å². The standard InChI is InChI=1S/C59H69ClFN5O15/c1-27-11-10-12-28(2)57(75)62-44-47(64-18-15-34(16-19-64)63-20-22-65(23-21-63)46-38(61)25-36-45(43(46)60)66(35-13-14-35)26-37(51(36)71)58(76)77)53(73)40-41(52(44)72)50(70)32(6)55-42(40)56(74)59(8,81-55)79-24-17-39(78-9)29(3)54(80-33(7)67)31(5)49(69)30(4)48(27)68/h10-12,17,24-27,29-31,34-35,39,48-49,54,68-70H,13-16,18-23H2,1-9H3,(H,62,75)(H,76,77)/b11-10+,24-17+,28-12-/t27-,29+,30+,31+,39-,48-,49+,54+,59-/m0/s1. The Morgan fingerprint density at radius 1 is 0.852 bits per heavy atom. The zero-order chi connectivity index (χ0) is 58.8. The molecule has 2 aromatic carbocycles. The van der Waals surface area contributed by atoms with Crippen LogP contribution in [0, 0.1) is 36.4 Å². The average Bonchev–Trinajstić information content (AvgIpc) is 4.38. The number of nitrogens with one attached hydrogen (secondary N) is 1. The Labute approximate surface area is 472 Å². The van der Waals surface area contributed by atoms with Gasteiger partial charge in [0.05, 0.1) is 62.9 Å². The van der Waals surface area contributed by atoms with Gasteiger partial charge in [0.2, 0.25) is 17.0 Å². The van der Waals surface area contributed by atoms with E-state index >= 15 is 14.0 Å². The van der Waals surface area contributed by atoms with Crippen molar-refractivity contribution >= 4 is 63.4 Å². The number of methoxy groups -OCH3 is 1. The van der Waals surface area contributed by atoms with E-state index in [4.69, 9.17) is 30.5 Å². The number of hydrogen-bond acceptors (Lipinski definition) is 17. The monoisotopic (exact) mass is 1140 g/mol. The lowest BCUT2D eigenvalue weighted by molar-refractivity contribution is -0.160. The number of carboxylic acids is 1. The van der Waals surface area contributed by atoms with Gasteiger partial charge in [-0.2, -0.15) is 0 Å². The molecule has 0 unspecified atom stereocenters. The van der Waals surface area contributed by atoms with Crippen molar-refractivity contribution in [3.63, 3.8) is 0 Å². The molecular weight excluding hydrogens is 1070 g/mol. The Balaban J connectivity index is 1.02. The van der Waals surface area contributed by atoms with E-state index in [0.29, 0.717) is 39.0 Å². The molecule has 22 heteroatoms. The molecule has 1 aromatic heterocycles. The Kier molecular flexibility index (Phi) is 16.5. The molecule has 5 N–H and O–H groups in total. The molecule has 434 valence electrons. The van der Waals surface area contributed by atoms with Gasteiger partial charge in [-0.05, 0) is 51.7 Å². The number of benzene rings is 2. The van der Waals surface area contributed by atoms with Gasteiger partial charge in [0, 0.05) is 113 Å². The van der Waals surface area contributed by atoms with Gasteiger partial charge in [-0.1, -0.05) is 57.5 Å². The summed E-state index contributed by atoms with van der Waals surface area (Å²) in [6, 6.07) is 0.942. The summed E-state index contributed by atoms with van der Waals surface area (Å²) in [5.41, 5.74) is -2.65. The highest BCUT2D eigenvalue weighted by atomic mass is 35.5. The molecule has 20 nitrogen and oxygen atoms in total. The minimum Gasteiger partial charge on any atom is -0.507 e. The van der Waals surface area contributed by atoms with E-state index in [0.717, 1.165) is 25.2 Å². The number of hydrogen-bond donors (Lipinski definition) is 5. The van der Waals surface area contributed by atoms with Gasteiger partial charge in [0.25, 0.3) is 11.7 Å². The minimum atomic E-state index is -2.16. The van der Waals surface area contributed by atoms with Gasteiger partial charge in [0.15, 0.2) is 0 Å². The zero-order valence-electron chi connectivity index (χ0n) is 46.7. The molecule has 2 aliphatic carbocycles. The summed E-state index contributed by atoms with van der Waals surface area (Å²) in [7, 11) is 1.41. The number of nitrogens with zero attached hydrogens (tertiary/aromatic N) is 4. The van der Waals surface area contributed by atoms with Crippen LogP contribution < -0.4 is 20.4 Å². The first kappa shape index (κ1) is 58.7. The Morgan fingerprint density at radius 2 is 1.52 bits per heavy atom. The number of pyridine rings is 1. The molecule has 81 heavy (non-hydrogen) atoms. The third kappa shape index (κ3) is 10.7. The molecule has 6 heterocycles. The summed E-state index contributed by atoms with van der Waals surface area (Å²) in [6.45, 7) is 14.3. The van der Waals surface area contributed by atoms with Crippen LogP contribution in [0.1, 0.15) is 127 Å². The van der Waals surface area contributed by atoms with Crippen LogP contribution in [0.4, 0.5) is 10.1 Å². The predicted molar refractivity (Wildman–Crippen MR) is 295 cm³/mol. The minimum absolute atomic E-state index is 0.0271. The van der Waals surface area contributed by atoms with Crippen molar-refractivity contribution in [3.05, 3.63) is 109 Å². The van der Waals surface area contributed by atoms with E-state index in [1.807, 2.05) is 4.90 Å². The molecule has 1 saturated carbocycles. The number of ether oxygens (including phenoxy) is 4. The third-order valence-corrected chi connectivity index (χ3v) is 17.6. The molecule has 5 aliphatic heterocycles. The van der Waals surface area contributed by atoms with Crippen LogP contribution in [0.2, 0.25) is 5.02 Å². The van der Waals surface area contributed by atoms with Gasteiger partial charge >= 0.3 is 17.7 Å². The molecule has 1 amide bonds. The number of likely N-dealkylation sites (tertiary alicyclic amines) is 1. The summed E-state index contributed by atoms with van der Waals surface area (Å²) >= 11 is 6.97.